The van der Waals surface area contributed by atoms with Gasteiger partial charge in [-0.25, -0.2) is 4.98 Å². The van der Waals surface area contributed by atoms with Gasteiger partial charge in [0, 0.05) is 29.6 Å². The summed E-state index contributed by atoms with van der Waals surface area (Å²) < 4.78 is 11.5. The first kappa shape index (κ1) is 19.6. The second-order valence-corrected chi connectivity index (χ2v) is 8.01. The van der Waals surface area contributed by atoms with Crippen LogP contribution in [0.3, 0.4) is 0 Å². The lowest BCUT2D eigenvalue weighted by Crippen LogP contribution is -2.39. The van der Waals surface area contributed by atoms with Gasteiger partial charge >= 0.3 is 8.56 Å². The highest BCUT2D eigenvalue weighted by atomic mass is 28.4. The molecule has 0 saturated heterocycles. The fourth-order valence-electron chi connectivity index (χ4n) is 2.01. The van der Waals surface area contributed by atoms with Crippen molar-refractivity contribution in [2.24, 2.45) is 10.2 Å². The summed E-state index contributed by atoms with van der Waals surface area (Å²) >= 11 is 0. The molecule has 0 aliphatic heterocycles. The van der Waals surface area contributed by atoms with Crippen molar-refractivity contribution < 1.29 is 8.85 Å². The average molecular weight is 352 g/mol. The molecular weight excluding hydrogens is 332 g/mol. The summed E-state index contributed by atoms with van der Waals surface area (Å²) in [6, 6.07) is 0.805. The topological polar surface area (TPSA) is 167 Å². The van der Waals surface area contributed by atoms with Crippen molar-refractivity contribution in [3.05, 3.63) is 20.9 Å². The minimum absolute atomic E-state index is 0.166. The van der Waals surface area contributed by atoms with Crippen LogP contribution in [0, 0.1) is 0 Å². The van der Waals surface area contributed by atoms with E-state index < -0.39 is 8.56 Å². The molecule has 1 aromatic rings. The number of hydrogen-bond donors (Lipinski definition) is 1. The molecule has 0 aliphatic rings. The molecule has 0 amide bonds. The second kappa shape index (κ2) is 10.4. The fourth-order valence-corrected chi connectivity index (χ4v) is 4.42. The maximum Gasteiger partial charge on any atom is 0.334 e. The lowest BCUT2D eigenvalue weighted by molar-refractivity contribution is 0.188. The molecule has 0 radical (unpaired) electrons. The zero-order valence-electron chi connectivity index (χ0n) is 13.9. The highest BCUT2D eigenvalue weighted by Gasteiger charge is 2.29. The standard InChI is InChI=1S/C11H20N10O2Si/c1-4-22-24(3,23-5-2)8-6-7-14-9-15-10(18-20-12)17-11(16-9)19-21-13/h4-8H2,1-3H3,(H,14,15,16,17). The van der Waals surface area contributed by atoms with Crippen molar-refractivity contribution in [2.45, 2.75) is 32.9 Å². The van der Waals surface area contributed by atoms with Crippen molar-refractivity contribution >= 4 is 26.4 Å². The summed E-state index contributed by atoms with van der Waals surface area (Å²) in [7, 11) is -2.16. The first-order valence-electron chi connectivity index (χ1n) is 7.45. The third kappa shape index (κ3) is 6.77. The molecule has 0 bridgehead atoms. The van der Waals surface area contributed by atoms with Crippen LogP contribution >= 0.6 is 0 Å². The van der Waals surface area contributed by atoms with Crippen molar-refractivity contribution in [3.63, 3.8) is 0 Å². The number of azide groups is 2. The van der Waals surface area contributed by atoms with Gasteiger partial charge in [-0.05, 0) is 54.2 Å². The van der Waals surface area contributed by atoms with Crippen LogP contribution < -0.4 is 5.32 Å². The van der Waals surface area contributed by atoms with Crippen LogP contribution in [0.5, 0.6) is 0 Å². The summed E-state index contributed by atoms with van der Waals surface area (Å²) in [6.07, 6.45) is 0.780. The van der Waals surface area contributed by atoms with Crippen molar-refractivity contribution in [1.29, 1.82) is 0 Å². The molecule has 24 heavy (non-hydrogen) atoms. The Labute approximate surface area is 140 Å². The minimum Gasteiger partial charge on any atom is -0.395 e. The molecule has 1 aromatic heterocycles. The predicted molar refractivity (Wildman–Crippen MR) is 90.2 cm³/mol. The van der Waals surface area contributed by atoms with E-state index in [0.29, 0.717) is 19.8 Å². The van der Waals surface area contributed by atoms with Gasteiger partial charge in [-0.15, -0.1) is 0 Å². The van der Waals surface area contributed by atoms with Gasteiger partial charge in [0.2, 0.25) is 17.8 Å². The fraction of sp³-hybridized carbons (Fsp3) is 0.727. The highest BCUT2D eigenvalue weighted by molar-refractivity contribution is 6.66. The average Bonchev–Trinajstić information content (AvgIpc) is 2.53. The van der Waals surface area contributed by atoms with Crippen LogP contribution in [-0.2, 0) is 8.85 Å². The Morgan fingerprint density at radius 3 is 2.04 bits per heavy atom. The van der Waals surface area contributed by atoms with E-state index in [1.165, 1.54) is 0 Å². The molecule has 0 spiro atoms. The van der Waals surface area contributed by atoms with E-state index in [1.807, 2.05) is 20.4 Å². The molecule has 130 valence electrons. The van der Waals surface area contributed by atoms with Gasteiger partial charge in [-0.2, -0.15) is 9.97 Å². The lowest BCUT2D eigenvalue weighted by Gasteiger charge is -2.25. The Kier molecular flexibility index (Phi) is 8.47. The lowest BCUT2D eigenvalue weighted by atomic mass is 10.5. The maximum absolute atomic E-state index is 8.45. The van der Waals surface area contributed by atoms with E-state index in [2.05, 4.69) is 40.3 Å². The van der Waals surface area contributed by atoms with E-state index in [1.54, 1.807) is 0 Å². The smallest absolute Gasteiger partial charge is 0.334 e. The molecule has 0 aliphatic carbocycles. The first-order chi connectivity index (χ1) is 11.6. The SMILES string of the molecule is CCO[Si](C)(CCCNc1nc(N=[N+]=[N-])nc(N=[N+]=[N-])n1)OCC. The highest BCUT2D eigenvalue weighted by Crippen LogP contribution is 2.17. The Hall–Kier alpha value is -2.43. The minimum atomic E-state index is -2.16. The Morgan fingerprint density at radius 2 is 1.58 bits per heavy atom. The largest absolute Gasteiger partial charge is 0.395 e. The van der Waals surface area contributed by atoms with Gasteiger partial charge in [0.1, 0.15) is 0 Å². The summed E-state index contributed by atoms with van der Waals surface area (Å²) in [5.74, 6) is -0.161. The molecule has 0 aromatic carbocycles. The van der Waals surface area contributed by atoms with E-state index in [-0.39, 0.29) is 17.8 Å². The number of aromatic nitrogens is 3. The molecule has 0 unspecified atom stereocenters. The summed E-state index contributed by atoms with van der Waals surface area (Å²) in [5, 5.41) is 9.56. The zero-order chi connectivity index (χ0) is 17.8. The number of hydrogen-bond acceptors (Lipinski definition) is 8. The number of nitrogens with one attached hydrogen (secondary N) is 1. The number of rotatable bonds is 11. The van der Waals surface area contributed by atoms with E-state index >= 15 is 0 Å². The third-order valence-electron chi connectivity index (χ3n) is 2.87. The van der Waals surface area contributed by atoms with Crippen LogP contribution in [0.2, 0.25) is 12.6 Å². The van der Waals surface area contributed by atoms with Crippen molar-refractivity contribution in [2.75, 3.05) is 25.1 Å². The molecule has 0 fully saturated rings. The van der Waals surface area contributed by atoms with E-state index in [0.717, 1.165) is 12.5 Å². The molecular formula is C11H20N10O2Si. The van der Waals surface area contributed by atoms with Crippen molar-refractivity contribution in [3.8, 4) is 0 Å². The maximum atomic E-state index is 8.45. The monoisotopic (exact) mass is 352 g/mol. The van der Waals surface area contributed by atoms with E-state index in [4.69, 9.17) is 19.9 Å². The van der Waals surface area contributed by atoms with Gasteiger partial charge in [-0.3, -0.25) is 0 Å². The van der Waals surface area contributed by atoms with Crippen LogP contribution in [0.1, 0.15) is 20.3 Å². The molecule has 0 atom stereocenters. The van der Waals surface area contributed by atoms with Crippen LogP contribution in [0.25, 0.3) is 20.9 Å². The zero-order valence-corrected chi connectivity index (χ0v) is 14.9. The summed E-state index contributed by atoms with van der Waals surface area (Å²) in [6.45, 7) is 7.72. The Balaban J connectivity index is 2.66. The Bertz CT molecular complexity index is 587. The van der Waals surface area contributed by atoms with Gasteiger partial charge in [-0.1, -0.05) is 0 Å². The van der Waals surface area contributed by atoms with Gasteiger partial charge in [0.05, 0.1) is 0 Å². The van der Waals surface area contributed by atoms with Crippen LogP contribution in [0.15, 0.2) is 10.2 Å². The van der Waals surface area contributed by atoms with Gasteiger partial charge < -0.3 is 14.2 Å². The Morgan fingerprint density at radius 1 is 1.04 bits per heavy atom. The van der Waals surface area contributed by atoms with Crippen molar-refractivity contribution in [1.82, 2.24) is 15.0 Å². The molecule has 0 saturated carbocycles. The van der Waals surface area contributed by atoms with Crippen LogP contribution in [0.4, 0.5) is 17.8 Å². The molecule has 1 rings (SSSR count). The molecule has 12 nitrogen and oxygen atoms in total. The molecule has 1 heterocycles. The summed E-state index contributed by atoms with van der Waals surface area (Å²) in [5.41, 5.74) is 16.9. The predicted octanol–water partition coefficient (Wildman–Crippen LogP) is 3.70. The first-order valence-corrected chi connectivity index (χ1v) is 9.97. The molecule has 13 heteroatoms. The number of nitrogens with zero attached hydrogens (tertiary/aromatic N) is 9. The van der Waals surface area contributed by atoms with Gasteiger partial charge in [0.25, 0.3) is 0 Å². The second-order valence-electron chi connectivity index (χ2n) is 4.67. The third-order valence-corrected chi connectivity index (χ3v) is 5.93. The van der Waals surface area contributed by atoms with Crippen LogP contribution in [-0.4, -0.2) is 43.3 Å². The normalized spacial score (nSPS) is 10.6. The summed E-state index contributed by atoms with van der Waals surface area (Å²) in [4.78, 5) is 16.7. The molecule has 1 N–H and O–H groups in total. The van der Waals surface area contributed by atoms with E-state index in [9.17, 15) is 0 Å². The van der Waals surface area contributed by atoms with Gasteiger partial charge in [0.15, 0.2) is 0 Å². The number of anilines is 1. The quantitative estimate of drug-likeness (QED) is 0.209.